The Labute approximate surface area is 123 Å². The number of hydrogen-bond acceptors (Lipinski definition) is 3. The molecule has 20 heavy (non-hydrogen) atoms. The van der Waals surface area contributed by atoms with Crippen LogP contribution in [0.2, 0.25) is 0 Å². The standard InChI is InChI=1S/C17H28N2O/c1-13(2)15-5-4-7-19(8-6-15)12-14-9-16(18)11-17(10-14)20-3/h9-11,13,15H,4-8,12,18H2,1-3H3. The molecular formula is C17H28N2O. The van der Waals surface area contributed by atoms with E-state index in [4.69, 9.17) is 10.5 Å². The van der Waals surface area contributed by atoms with Gasteiger partial charge in [-0.2, -0.15) is 0 Å². The molecule has 1 heterocycles. The lowest BCUT2D eigenvalue weighted by Crippen LogP contribution is -2.24. The summed E-state index contributed by atoms with van der Waals surface area (Å²) >= 11 is 0. The lowest BCUT2D eigenvalue weighted by molar-refractivity contribution is 0.264. The average Bonchev–Trinajstić information content (AvgIpc) is 2.63. The number of rotatable bonds is 4. The van der Waals surface area contributed by atoms with Crippen LogP contribution in [0.4, 0.5) is 5.69 Å². The minimum Gasteiger partial charge on any atom is -0.497 e. The van der Waals surface area contributed by atoms with Gasteiger partial charge in [0.05, 0.1) is 7.11 Å². The van der Waals surface area contributed by atoms with E-state index in [1.54, 1.807) is 7.11 Å². The van der Waals surface area contributed by atoms with Gasteiger partial charge in [-0.3, -0.25) is 4.90 Å². The lowest BCUT2D eigenvalue weighted by Gasteiger charge is -2.21. The Kier molecular flexibility index (Phi) is 5.30. The molecule has 0 saturated carbocycles. The Morgan fingerprint density at radius 1 is 1.25 bits per heavy atom. The van der Waals surface area contributed by atoms with Gasteiger partial charge in [0.1, 0.15) is 5.75 Å². The van der Waals surface area contributed by atoms with E-state index in [9.17, 15) is 0 Å². The van der Waals surface area contributed by atoms with Gasteiger partial charge in [0.15, 0.2) is 0 Å². The first-order valence-electron chi connectivity index (χ1n) is 7.74. The van der Waals surface area contributed by atoms with Crippen LogP contribution in [0.1, 0.15) is 38.7 Å². The maximum atomic E-state index is 5.93. The third kappa shape index (κ3) is 4.14. The SMILES string of the molecule is COc1cc(N)cc(CN2CCCC(C(C)C)CC2)c1. The second-order valence-electron chi connectivity index (χ2n) is 6.33. The molecule has 0 aliphatic carbocycles. The molecule has 1 aliphatic rings. The van der Waals surface area contributed by atoms with Gasteiger partial charge >= 0.3 is 0 Å². The predicted molar refractivity (Wildman–Crippen MR) is 84.9 cm³/mol. The monoisotopic (exact) mass is 276 g/mol. The summed E-state index contributed by atoms with van der Waals surface area (Å²) in [6.45, 7) is 8.07. The van der Waals surface area contributed by atoms with Gasteiger partial charge in [-0.15, -0.1) is 0 Å². The summed E-state index contributed by atoms with van der Waals surface area (Å²) in [7, 11) is 1.69. The van der Waals surface area contributed by atoms with Crippen molar-refractivity contribution in [3.05, 3.63) is 23.8 Å². The van der Waals surface area contributed by atoms with Crippen LogP contribution in [-0.2, 0) is 6.54 Å². The van der Waals surface area contributed by atoms with Crippen molar-refractivity contribution in [2.24, 2.45) is 11.8 Å². The molecule has 2 rings (SSSR count). The van der Waals surface area contributed by atoms with Crippen molar-refractivity contribution in [3.63, 3.8) is 0 Å². The molecule has 1 aromatic carbocycles. The molecule has 1 fully saturated rings. The smallest absolute Gasteiger partial charge is 0.121 e. The van der Waals surface area contributed by atoms with Crippen LogP contribution < -0.4 is 10.5 Å². The third-order valence-corrected chi connectivity index (χ3v) is 4.44. The summed E-state index contributed by atoms with van der Waals surface area (Å²) in [5, 5.41) is 0. The summed E-state index contributed by atoms with van der Waals surface area (Å²) in [6.07, 6.45) is 3.99. The van der Waals surface area contributed by atoms with E-state index in [-0.39, 0.29) is 0 Å². The largest absolute Gasteiger partial charge is 0.497 e. The zero-order valence-electron chi connectivity index (χ0n) is 13.1. The number of nitrogens with two attached hydrogens (primary N) is 1. The van der Waals surface area contributed by atoms with Gasteiger partial charge in [-0.25, -0.2) is 0 Å². The summed E-state index contributed by atoms with van der Waals surface area (Å²) in [5.41, 5.74) is 7.98. The van der Waals surface area contributed by atoms with E-state index in [0.717, 1.165) is 29.8 Å². The van der Waals surface area contributed by atoms with Crippen molar-refractivity contribution in [1.29, 1.82) is 0 Å². The average molecular weight is 276 g/mol. The minimum absolute atomic E-state index is 0.786. The summed E-state index contributed by atoms with van der Waals surface area (Å²) in [5.74, 6) is 2.55. The van der Waals surface area contributed by atoms with E-state index in [0.29, 0.717) is 0 Å². The number of hydrogen-bond donors (Lipinski definition) is 1. The number of anilines is 1. The van der Waals surface area contributed by atoms with Crippen molar-refractivity contribution in [1.82, 2.24) is 4.90 Å². The summed E-state index contributed by atoms with van der Waals surface area (Å²) in [6, 6.07) is 6.04. The molecule has 1 aromatic rings. The Balaban J connectivity index is 1.98. The van der Waals surface area contributed by atoms with Gasteiger partial charge in [0, 0.05) is 18.3 Å². The number of likely N-dealkylation sites (tertiary alicyclic amines) is 1. The fraction of sp³-hybridized carbons (Fsp3) is 0.647. The van der Waals surface area contributed by atoms with Gasteiger partial charge < -0.3 is 10.5 Å². The maximum absolute atomic E-state index is 5.93. The Morgan fingerprint density at radius 3 is 2.75 bits per heavy atom. The fourth-order valence-electron chi connectivity index (χ4n) is 3.16. The molecule has 0 aromatic heterocycles. The van der Waals surface area contributed by atoms with E-state index in [1.807, 2.05) is 6.07 Å². The molecule has 1 unspecified atom stereocenters. The van der Waals surface area contributed by atoms with Crippen molar-refractivity contribution < 1.29 is 4.74 Å². The molecule has 112 valence electrons. The van der Waals surface area contributed by atoms with E-state index in [1.165, 1.54) is 37.9 Å². The number of methoxy groups -OCH3 is 1. The molecule has 2 N–H and O–H groups in total. The van der Waals surface area contributed by atoms with Crippen LogP contribution in [0.25, 0.3) is 0 Å². The molecule has 0 radical (unpaired) electrons. The normalized spacial score (nSPS) is 20.9. The molecule has 0 bridgehead atoms. The van der Waals surface area contributed by atoms with Crippen LogP contribution in [0.5, 0.6) is 5.75 Å². The highest BCUT2D eigenvalue weighted by molar-refractivity contribution is 5.47. The second kappa shape index (κ2) is 6.98. The molecule has 3 nitrogen and oxygen atoms in total. The summed E-state index contributed by atoms with van der Waals surface area (Å²) in [4.78, 5) is 2.55. The van der Waals surface area contributed by atoms with Gasteiger partial charge in [0.2, 0.25) is 0 Å². The van der Waals surface area contributed by atoms with Crippen molar-refractivity contribution in [2.45, 2.75) is 39.7 Å². The van der Waals surface area contributed by atoms with E-state index >= 15 is 0 Å². The Bertz CT molecular complexity index is 431. The van der Waals surface area contributed by atoms with Crippen molar-refractivity contribution >= 4 is 5.69 Å². The Morgan fingerprint density at radius 2 is 2.05 bits per heavy atom. The minimum atomic E-state index is 0.786. The van der Waals surface area contributed by atoms with Crippen LogP contribution in [-0.4, -0.2) is 25.1 Å². The van der Waals surface area contributed by atoms with Crippen molar-refractivity contribution in [3.8, 4) is 5.75 Å². The van der Waals surface area contributed by atoms with Gasteiger partial charge in [-0.1, -0.05) is 13.8 Å². The fourth-order valence-corrected chi connectivity index (χ4v) is 3.16. The first-order chi connectivity index (χ1) is 9.58. The molecule has 0 amide bonds. The molecule has 1 saturated heterocycles. The first-order valence-corrected chi connectivity index (χ1v) is 7.74. The molecule has 3 heteroatoms. The molecular weight excluding hydrogens is 248 g/mol. The van der Waals surface area contributed by atoms with Gasteiger partial charge in [0.25, 0.3) is 0 Å². The second-order valence-corrected chi connectivity index (χ2v) is 6.33. The third-order valence-electron chi connectivity index (χ3n) is 4.44. The topological polar surface area (TPSA) is 38.5 Å². The van der Waals surface area contributed by atoms with E-state index in [2.05, 4.69) is 30.9 Å². The van der Waals surface area contributed by atoms with Crippen LogP contribution in [0, 0.1) is 11.8 Å². The van der Waals surface area contributed by atoms with E-state index < -0.39 is 0 Å². The first kappa shape index (κ1) is 15.2. The predicted octanol–water partition coefficient (Wildman–Crippen LogP) is 3.54. The number of nitrogens with zero attached hydrogens (tertiary/aromatic N) is 1. The number of ether oxygens (including phenoxy) is 1. The highest BCUT2D eigenvalue weighted by Crippen LogP contribution is 2.26. The van der Waals surface area contributed by atoms with Crippen LogP contribution >= 0.6 is 0 Å². The number of nitrogen functional groups attached to an aromatic ring is 1. The Hall–Kier alpha value is -1.22. The zero-order valence-corrected chi connectivity index (χ0v) is 13.1. The molecule has 1 atom stereocenters. The van der Waals surface area contributed by atoms with Crippen LogP contribution in [0.15, 0.2) is 18.2 Å². The zero-order chi connectivity index (χ0) is 14.5. The van der Waals surface area contributed by atoms with Crippen LogP contribution in [0.3, 0.4) is 0 Å². The lowest BCUT2D eigenvalue weighted by atomic mass is 9.89. The highest BCUT2D eigenvalue weighted by Gasteiger charge is 2.19. The number of benzene rings is 1. The van der Waals surface area contributed by atoms with Crippen molar-refractivity contribution in [2.75, 3.05) is 25.9 Å². The molecule has 1 aliphatic heterocycles. The maximum Gasteiger partial charge on any atom is 0.121 e. The summed E-state index contributed by atoms with van der Waals surface area (Å²) < 4.78 is 5.30. The highest BCUT2D eigenvalue weighted by atomic mass is 16.5. The van der Waals surface area contributed by atoms with Gasteiger partial charge in [-0.05, 0) is 61.9 Å². The quantitative estimate of drug-likeness (QED) is 0.855. The molecule has 0 spiro atoms.